The first kappa shape index (κ1) is 8.01. The number of sulfone groups is 1. The second-order valence-electron chi connectivity index (χ2n) is 2.48. The fourth-order valence-electron chi connectivity index (χ4n) is 1.13. The van der Waals surface area contributed by atoms with Gasteiger partial charge in [0.15, 0.2) is 9.84 Å². The maximum absolute atomic E-state index is 10.8. The SMILES string of the molecule is CCO[C@@H]1CCS(=O)(=O)C1. The standard InChI is InChI=1S/C6H12O3S/c1-2-9-6-3-4-10(7,8)5-6/h6H,2-5H2,1H3/t6-/m1/s1. The van der Waals surface area contributed by atoms with Crippen LogP contribution in [0, 0.1) is 0 Å². The summed E-state index contributed by atoms with van der Waals surface area (Å²) >= 11 is 0. The van der Waals surface area contributed by atoms with Gasteiger partial charge < -0.3 is 4.74 Å². The van der Waals surface area contributed by atoms with Gasteiger partial charge in [-0.3, -0.25) is 0 Å². The Hall–Kier alpha value is -0.0900. The second-order valence-corrected chi connectivity index (χ2v) is 4.71. The van der Waals surface area contributed by atoms with E-state index in [0.29, 0.717) is 18.8 Å². The number of rotatable bonds is 2. The van der Waals surface area contributed by atoms with Gasteiger partial charge in [0.2, 0.25) is 0 Å². The van der Waals surface area contributed by atoms with Gasteiger partial charge in [-0.1, -0.05) is 0 Å². The van der Waals surface area contributed by atoms with Crippen molar-refractivity contribution in [3.8, 4) is 0 Å². The van der Waals surface area contributed by atoms with E-state index >= 15 is 0 Å². The van der Waals surface area contributed by atoms with Crippen molar-refractivity contribution in [1.29, 1.82) is 0 Å². The van der Waals surface area contributed by atoms with Crippen LogP contribution in [0.25, 0.3) is 0 Å². The zero-order valence-electron chi connectivity index (χ0n) is 6.04. The van der Waals surface area contributed by atoms with Crippen molar-refractivity contribution in [3.05, 3.63) is 0 Å². The lowest BCUT2D eigenvalue weighted by molar-refractivity contribution is 0.0816. The van der Waals surface area contributed by atoms with Crippen molar-refractivity contribution < 1.29 is 13.2 Å². The molecule has 0 amide bonds. The molecule has 4 heteroatoms. The van der Waals surface area contributed by atoms with Crippen molar-refractivity contribution in [1.82, 2.24) is 0 Å². The van der Waals surface area contributed by atoms with Crippen LogP contribution in [-0.2, 0) is 14.6 Å². The van der Waals surface area contributed by atoms with Gasteiger partial charge in [-0.15, -0.1) is 0 Å². The fraction of sp³-hybridized carbons (Fsp3) is 1.00. The van der Waals surface area contributed by atoms with E-state index in [0.717, 1.165) is 0 Å². The summed E-state index contributed by atoms with van der Waals surface area (Å²) in [5.74, 6) is 0.526. The van der Waals surface area contributed by atoms with E-state index in [1.54, 1.807) is 0 Å². The number of hydrogen-bond donors (Lipinski definition) is 0. The minimum atomic E-state index is -2.74. The third-order valence-corrected chi connectivity index (χ3v) is 3.33. The predicted octanol–water partition coefficient (Wildman–Crippen LogP) is 0.210. The molecule has 0 saturated carbocycles. The summed E-state index contributed by atoms with van der Waals surface area (Å²) in [4.78, 5) is 0. The largest absolute Gasteiger partial charge is 0.377 e. The molecule has 1 aliphatic heterocycles. The van der Waals surface area contributed by atoms with Gasteiger partial charge in [0.05, 0.1) is 17.6 Å². The smallest absolute Gasteiger partial charge is 0.152 e. The van der Waals surface area contributed by atoms with Crippen LogP contribution in [0.4, 0.5) is 0 Å². The third kappa shape index (κ3) is 1.95. The quantitative estimate of drug-likeness (QED) is 0.586. The van der Waals surface area contributed by atoms with Crippen molar-refractivity contribution in [2.45, 2.75) is 19.4 Å². The highest BCUT2D eigenvalue weighted by molar-refractivity contribution is 7.91. The van der Waals surface area contributed by atoms with Gasteiger partial charge in [-0.2, -0.15) is 0 Å². The van der Waals surface area contributed by atoms with Crippen LogP contribution < -0.4 is 0 Å². The molecule has 1 aliphatic rings. The van der Waals surface area contributed by atoms with Gasteiger partial charge >= 0.3 is 0 Å². The molecule has 10 heavy (non-hydrogen) atoms. The van der Waals surface area contributed by atoms with Gasteiger partial charge in [-0.05, 0) is 13.3 Å². The third-order valence-electron chi connectivity index (χ3n) is 1.59. The normalized spacial score (nSPS) is 30.7. The molecule has 1 heterocycles. The van der Waals surface area contributed by atoms with E-state index in [4.69, 9.17) is 4.74 Å². The number of hydrogen-bond acceptors (Lipinski definition) is 3. The van der Waals surface area contributed by atoms with E-state index in [-0.39, 0.29) is 11.9 Å². The molecule has 0 unspecified atom stereocenters. The molecule has 1 fully saturated rings. The average molecular weight is 164 g/mol. The minimum absolute atomic E-state index is 0.0324. The summed E-state index contributed by atoms with van der Waals surface area (Å²) in [6, 6.07) is 0. The summed E-state index contributed by atoms with van der Waals surface area (Å²) < 4.78 is 26.8. The molecule has 0 spiro atoms. The monoisotopic (exact) mass is 164 g/mol. The second kappa shape index (κ2) is 2.88. The number of ether oxygens (including phenoxy) is 1. The van der Waals surface area contributed by atoms with E-state index in [2.05, 4.69) is 0 Å². The lowest BCUT2D eigenvalue weighted by atomic mass is 10.3. The molecule has 1 atom stereocenters. The first-order chi connectivity index (χ1) is 4.64. The summed E-state index contributed by atoms with van der Waals surface area (Å²) in [5.41, 5.74) is 0. The Balaban J connectivity index is 2.44. The van der Waals surface area contributed by atoms with Gasteiger partial charge in [0.1, 0.15) is 0 Å². The topological polar surface area (TPSA) is 43.4 Å². The molecule has 60 valence electrons. The molecule has 1 rings (SSSR count). The van der Waals surface area contributed by atoms with E-state index in [1.165, 1.54) is 0 Å². The zero-order chi connectivity index (χ0) is 7.61. The highest BCUT2D eigenvalue weighted by atomic mass is 32.2. The fourth-order valence-corrected chi connectivity index (χ4v) is 2.75. The highest BCUT2D eigenvalue weighted by Crippen LogP contribution is 2.13. The van der Waals surface area contributed by atoms with Crippen molar-refractivity contribution >= 4 is 9.84 Å². The summed E-state index contributed by atoms with van der Waals surface area (Å²) in [5, 5.41) is 0. The summed E-state index contributed by atoms with van der Waals surface area (Å²) in [7, 11) is -2.74. The van der Waals surface area contributed by atoms with Crippen molar-refractivity contribution in [3.63, 3.8) is 0 Å². The minimum Gasteiger partial charge on any atom is -0.377 e. The van der Waals surface area contributed by atoms with Crippen LogP contribution in [0.15, 0.2) is 0 Å². The maximum atomic E-state index is 10.8. The first-order valence-electron chi connectivity index (χ1n) is 3.46. The molecule has 1 saturated heterocycles. The molecular formula is C6H12O3S. The van der Waals surface area contributed by atoms with Crippen LogP contribution in [-0.4, -0.2) is 32.6 Å². The Labute approximate surface area is 61.3 Å². The van der Waals surface area contributed by atoms with E-state index in [9.17, 15) is 8.42 Å². The molecule has 0 aromatic carbocycles. The van der Waals surface area contributed by atoms with Gasteiger partial charge in [0, 0.05) is 6.61 Å². The van der Waals surface area contributed by atoms with Crippen molar-refractivity contribution in [2.24, 2.45) is 0 Å². The molecular weight excluding hydrogens is 152 g/mol. The van der Waals surface area contributed by atoms with Gasteiger partial charge in [-0.25, -0.2) is 8.42 Å². The maximum Gasteiger partial charge on any atom is 0.152 e. The Morgan fingerprint density at radius 3 is 2.70 bits per heavy atom. The average Bonchev–Trinajstić information content (AvgIpc) is 2.12. The molecule has 3 nitrogen and oxygen atoms in total. The summed E-state index contributed by atoms with van der Waals surface area (Å²) in [6.07, 6.45) is 0.644. The van der Waals surface area contributed by atoms with Crippen LogP contribution in [0.3, 0.4) is 0 Å². The Bertz CT molecular complexity index is 195. The molecule has 0 aromatic rings. The van der Waals surface area contributed by atoms with E-state index in [1.807, 2.05) is 6.92 Å². The first-order valence-corrected chi connectivity index (χ1v) is 5.28. The van der Waals surface area contributed by atoms with Crippen LogP contribution in [0.2, 0.25) is 0 Å². The van der Waals surface area contributed by atoms with Crippen molar-refractivity contribution in [2.75, 3.05) is 18.1 Å². The van der Waals surface area contributed by atoms with Gasteiger partial charge in [0.25, 0.3) is 0 Å². The molecule has 0 radical (unpaired) electrons. The van der Waals surface area contributed by atoms with Crippen LogP contribution in [0.1, 0.15) is 13.3 Å². The van der Waals surface area contributed by atoms with E-state index < -0.39 is 9.84 Å². The molecule has 0 bridgehead atoms. The lowest BCUT2D eigenvalue weighted by Crippen LogP contribution is -2.13. The van der Waals surface area contributed by atoms with Crippen LogP contribution >= 0.6 is 0 Å². The molecule has 0 aliphatic carbocycles. The summed E-state index contributed by atoms with van der Waals surface area (Å²) in [6.45, 7) is 2.49. The Morgan fingerprint density at radius 2 is 2.30 bits per heavy atom. The predicted molar refractivity (Wildman–Crippen MR) is 38.7 cm³/mol. The lowest BCUT2D eigenvalue weighted by Gasteiger charge is -2.05. The Morgan fingerprint density at radius 1 is 1.60 bits per heavy atom. The zero-order valence-corrected chi connectivity index (χ0v) is 6.86. The molecule has 0 aromatic heterocycles. The highest BCUT2D eigenvalue weighted by Gasteiger charge is 2.27. The van der Waals surface area contributed by atoms with Crippen LogP contribution in [0.5, 0.6) is 0 Å². The molecule has 0 N–H and O–H groups in total. The Kier molecular flexibility index (Phi) is 2.31.